The predicted molar refractivity (Wildman–Crippen MR) is 106 cm³/mol. The first-order valence-electron chi connectivity index (χ1n) is 8.61. The highest BCUT2D eigenvalue weighted by atomic mass is 32.1. The van der Waals surface area contributed by atoms with Crippen molar-refractivity contribution < 1.29 is 28.4 Å². The molecule has 0 aliphatic carbocycles. The number of phenolic OH excluding ortho intramolecular Hbond substituents is 1. The molecule has 2 aromatic carbocycles. The third-order valence-electron chi connectivity index (χ3n) is 4.03. The number of aromatic hydroxyl groups is 1. The van der Waals surface area contributed by atoms with Crippen LogP contribution >= 0.6 is 12.9 Å². The van der Waals surface area contributed by atoms with Gasteiger partial charge in [0.2, 0.25) is 0 Å². The zero-order valence-corrected chi connectivity index (χ0v) is 16.4. The van der Waals surface area contributed by atoms with Crippen LogP contribution in [0.5, 0.6) is 11.5 Å². The summed E-state index contributed by atoms with van der Waals surface area (Å²) in [6.07, 6.45) is 0.393. The van der Waals surface area contributed by atoms with E-state index in [4.69, 9.17) is 4.74 Å². The quantitative estimate of drug-likeness (QED) is 0.369. The summed E-state index contributed by atoms with van der Waals surface area (Å²) in [6.45, 7) is 3.58. The summed E-state index contributed by atoms with van der Waals surface area (Å²) in [7, 11) is 0. The second kappa shape index (κ2) is 9.80. The number of rotatable bonds is 7. The maximum atomic E-state index is 11.8. The Morgan fingerprint density at radius 2 is 1.79 bits per heavy atom. The van der Waals surface area contributed by atoms with E-state index in [0.717, 1.165) is 12.0 Å². The number of hydrogen-bond donors (Lipinski definition) is 3. The Bertz CT molecular complexity index is 879. The van der Waals surface area contributed by atoms with Crippen molar-refractivity contribution in [2.45, 2.75) is 33.3 Å². The molecule has 0 aromatic heterocycles. The molecule has 0 heterocycles. The van der Waals surface area contributed by atoms with Crippen LogP contribution in [0.3, 0.4) is 0 Å². The molecular formula is C20H21NO6S. The van der Waals surface area contributed by atoms with E-state index in [1.165, 1.54) is 6.92 Å². The fourth-order valence-corrected chi connectivity index (χ4v) is 2.68. The van der Waals surface area contributed by atoms with Gasteiger partial charge in [0.05, 0.1) is 5.56 Å². The number of thiol groups is 1. The molecule has 2 N–H and O–H groups in total. The highest BCUT2D eigenvalue weighted by Gasteiger charge is 2.16. The van der Waals surface area contributed by atoms with E-state index in [-0.39, 0.29) is 29.3 Å². The van der Waals surface area contributed by atoms with E-state index in [1.807, 2.05) is 12.2 Å². The van der Waals surface area contributed by atoms with Crippen molar-refractivity contribution in [3.05, 3.63) is 58.7 Å². The molecule has 148 valence electrons. The van der Waals surface area contributed by atoms with Gasteiger partial charge in [-0.05, 0) is 43.2 Å². The Balaban J connectivity index is 2.11. The van der Waals surface area contributed by atoms with Crippen molar-refractivity contribution in [1.29, 1.82) is 0 Å². The third kappa shape index (κ3) is 5.26. The van der Waals surface area contributed by atoms with E-state index >= 15 is 0 Å². The molecule has 0 atom stereocenters. The summed E-state index contributed by atoms with van der Waals surface area (Å²) < 4.78 is 9.90. The van der Waals surface area contributed by atoms with E-state index in [0.29, 0.717) is 17.7 Å². The van der Waals surface area contributed by atoms with Crippen LogP contribution in [-0.4, -0.2) is 22.9 Å². The lowest BCUT2D eigenvalue weighted by atomic mass is 10.0. The van der Waals surface area contributed by atoms with Gasteiger partial charge in [0.25, 0.3) is 5.91 Å². The summed E-state index contributed by atoms with van der Waals surface area (Å²) in [5.74, 6) is -0.365. The van der Waals surface area contributed by atoms with Gasteiger partial charge < -0.3 is 14.0 Å². The normalized spacial score (nSPS) is 10.2. The number of Topliss-reactive ketones (excluding diaryl/α,β-unsaturated/α-hetero) is 1. The van der Waals surface area contributed by atoms with Gasteiger partial charge in [-0.1, -0.05) is 25.5 Å². The van der Waals surface area contributed by atoms with Crippen molar-refractivity contribution in [1.82, 2.24) is 5.32 Å². The molecule has 2 rings (SSSR count). The first-order valence-corrected chi connectivity index (χ1v) is 8.98. The van der Waals surface area contributed by atoms with Gasteiger partial charge in [0.15, 0.2) is 5.78 Å². The van der Waals surface area contributed by atoms with Crippen LogP contribution in [0.2, 0.25) is 0 Å². The number of nitrogens with one attached hydrogen (secondary N) is 1. The first-order chi connectivity index (χ1) is 13.4. The van der Waals surface area contributed by atoms with Gasteiger partial charge >= 0.3 is 6.09 Å². The van der Waals surface area contributed by atoms with E-state index in [1.54, 1.807) is 36.4 Å². The maximum absolute atomic E-state index is 11.8. The van der Waals surface area contributed by atoms with Crippen molar-refractivity contribution in [3.8, 4) is 11.5 Å². The van der Waals surface area contributed by atoms with Crippen molar-refractivity contribution in [2.24, 2.45) is 0 Å². The Kier molecular flexibility index (Phi) is 7.45. The molecule has 28 heavy (non-hydrogen) atoms. The minimum atomic E-state index is -0.960. The molecule has 2 aromatic rings. The topological polar surface area (TPSA) is 102 Å². The van der Waals surface area contributed by atoms with Crippen molar-refractivity contribution >= 4 is 30.7 Å². The summed E-state index contributed by atoms with van der Waals surface area (Å²) >= 11 is 3.31. The van der Waals surface area contributed by atoms with E-state index in [9.17, 15) is 19.5 Å². The molecule has 0 spiro atoms. The van der Waals surface area contributed by atoms with Gasteiger partial charge in [-0.25, -0.2) is 4.79 Å². The number of carbonyl (C=O) groups is 3. The van der Waals surface area contributed by atoms with Crippen LogP contribution in [-0.2, 0) is 17.2 Å². The largest absolute Gasteiger partial charge is 0.507 e. The standard InChI is InChI=1S/C20H21NO6S/c1-3-4-16-17(10-9-15(12(2)22)18(16)23)26-11-13-5-7-14(8-6-13)19(24)21-20(25)27-28/h5-10,23,28H,3-4,11H2,1-2H3,(H,21,24,25). The van der Waals surface area contributed by atoms with Gasteiger partial charge in [-0.2, -0.15) is 0 Å². The molecule has 0 radical (unpaired) electrons. The first kappa shape index (κ1) is 21.3. The number of carbonyl (C=O) groups excluding carboxylic acids is 3. The smallest absolute Gasteiger partial charge is 0.426 e. The Labute approximate surface area is 168 Å². The number of phenols is 1. The maximum Gasteiger partial charge on any atom is 0.426 e. The monoisotopic (exact) mass is 403 g/mol. The molecule has 0 aliphatic heterocycles. The molecule has 0 aliphatic rings. The molecule has 0 fully saturated rings. The molecule has 0 bridgehead atoms. The summed E-state index contributed by atoms with van der Waals surface area (Å²) in [5.41, 5.74) is 1.92. The lowest BCUT2D eigenvalue weighted by Crippen LogP contribution is -2.29. The van der Waals surface area contributed by atoms with Crippen LogP contribution < -0.4 is 10.1 Å². The minimum Gasteiger partial charge on any atom is -0.507 e. The lowest BCUT2D eigenvalue weighted by Gasteiger charge is -2.15. The number of hydrogen-bond acceptors (Lipinski definition) is 7. The van der Waals surface area contributed by atoms with Crippen LogP contribution in [0, 0.1) is 0 Å². The second-order valence-corrected chi connectivity index (χ2v) is 6.25. The van der Waals surface area contributed by atoms with E-state index < -0.39 is 12.0 Å². The highest BCUT2D eigenvalue weighted by molar-refractivity contribution is 7.75. The van der Waals surface area contributed by atoms with Crippen LogP contribution in [0.4, 0.5) is 4.79 Å². The lowest BCUT2D eigenvalue weighted by molar-refractivity contribution is 0.0952. The SMILES string of the molecule is CCCc1c(OCc2ccc(C(=O)NC(=O)OS)cc2)ccc(C(C)=O)c1O. The Hall–Kier alpha value is -3.00. The highest BCUT2D eigenvalue weighted by Crippen LogP contribution is 2.33. The predicted octanol–water partition coefficient (Wildman–Crippen LogP) is 3.84. The molecular weight excluding hydrogens is 382 g/mol. The number of ether oxygens (including phenoxy) is 1. The Morgan fingerprint density at radius 3 is 2.36 bits per heavy atom. The fourth-order valence-electron chi connectivity index (χ4n) is 2.63. The molecule has 8 heteroatoms. The van der Waals surface area contributed by atoms with Crippen molar-refractivity contribution in [2.75, 3.05) is 0 Å². The number of ketones is 1. The van der Waals surface area contributed by atoms with Gasteiger partial charge in [-0.15, -0.1) is 0 Å². The van der Waals surface area contributed by atoms with Gasteiger partial charge in [0.1, 0.15) is 18.1 Å². The Morgan fingerprint density at radius 1 is 1.11 bits per heavy atom. The number of imide groups is 1. The molecule has 0 saturated heterocycles. The average molecular weight is 403 g/mol. The zero-order valence-electron chi connectivity index (χ0n) is 15.5. The van der Waals surface area contributed by atoms with Crippen LogP contribution in [0.15, 0.2) is 36.4 Å². The van der Waals surface area contributed by atoms with Gasteiger partial charge in [-0.3, -0.25) is 14.9 Å². The fraction of sp³-hybridized carbons (Fsp3) is 0.250. The minimum absolute atomic E-state index is 0.0463. The number of benzene rings is 2. The summed E-state index contributed by atoms with van der Waals surface area (Å²) in [5, 5.41) is 12.4. The number of amides is 2. The van der Waals surface area contributed by atoms with Crippen molar-refractivity contribution in [3.63, 3.8) is 0 Å². The third-order valence-corrected chi connectivity index (χ3v) is 4.19. The summed E-state index contributed by atoms with van der Waals surface area (Å²) in [6, 6.07) is 9.67. The molecule has 0 unspecified atom stereocenters. The second-order valence-electron chi connectivity index (χ2n) is 6.06. The molecule has 0 saturated carbocycles. The van der Waals surface area contributed by atoms with Gasteiger partial charge in [0, 0.05) is 24.0 Å². The van der Waals surface area contributed by atoms with Crippen LogP contribution in [0.25, 0.3) is 0 Å². The zero-order chi connectivity index (χ0) is 20.7. The summed E-state index contributed by atoms with van der Waals surface area (Å²) in [4.78, 5) is 34.4. The molecule has 7 nitrogen and oxygen atoms in total. The molecule has 2 amide bonds. The van der Waals surface area contributed by atoms with E-state index in [2.05, 4.69) is 17.1 Å². The average Bonchev–Trinajstić information content (AvgIpc) is 2.68. The van der Waals surface area contributed by atoms with Crippen LogP contribution in [0.1, 0.15) is 52.1 Å².